The molecular weight excluding hydrogens is 602 g/mol. The zero-order chi connectivity index (χ0) is 28.7. The van der Waals surface area contributed by atoms with E-state index in [0.717, 1.165) is 26.2 Å². The third-order valence-electron chi connectivity index (χ3n) is 6.05. The number of rotatable bonds is 11. The normalized spacial score (nSPS) is 12.2. The van der Waals surface area contributed by atoms with E-state index in [9.17, 15) is 18.0 Å². The minimum atomic E-state index is -3.85. The Bertz CT molecular complexity index is 1420. The van der Waals surface area contributed by atoms with E-state index in [2.05, 4.69) is 21.2 Å². The van der Waals surface area contributed by atoms with Crippen LogP contribution >= 0.6 is 27.5 Å². The van der Waals surface area contributed by atoms with Gasteiger partial charge in [0.25, 0.3) is 0 Å². The summed E-state index contributed by atoms with van der Waals surface area (Å²) in [5.41, 5.74) is 2.63. The van der Waals surface area contributed by atoms with Crippen LogP contribution in [0.25, 0.3) is 0 Å². The minimum absolute atomic E-state index is 0.110. The largest absolute Gasteiger partial charge is 0.352 e. The van der Waals surface area contributed by atoms with Crippen LogP contribution in [0.1, 0.15) is 30.5 Å². The molecule has 3 aromatic carbocycles. The van der Waals surface area contributed by atoms with Gasteiger partial charge in [0.1, 0.15) is 12.6 Å². The van der Waals surface area contributed by atoms with Gasteiger partial charge in [-0.15, -0.1) is 0 Å². The second kappa shape index (κ2) is 13.5. The van der Waals surface area contributed by atoms with Crippen LogP contribution in [0.4, 0.5) is 5.69 Å². The maximum atomic E-state index is 14.1. The molecule has 0 radical (unpaired) electrons. The number of anilines is 1. The standard InChI is InChI=1S/C29H33BrClN3O4S/c1-20(2)32-29(36)27(17-22-9-6-5-7-10-22)33(18-23-11-8-12-24(30)16-23)28(35)19-34(39(4,37)38)26-14-13-25(31)15-21(26)3/h5-16,20,27H,17-19H2,1-4H3,(H,32,36). The molecule has 10 heteroatoms. The van der Waals surface area contributed by atoms with E-state index in [-0.39, 0.29) is 24.9 Å². The van der Waals surface area contributed by atoms with Gasteiger partial charge in [-0.05, 0) is 67.8 Å². The first-order valence-electron chi connectivity index (χ1n) is 12.5. The summed E-state index contributed by atoms with van der Waals surface area (Å²) >= 11 is 9.57. The lowest BCUT2D eigenvalue weighted by Crippen LogP contribution is -2.54. The first-order valence-corrected chi connectivity index (χ1v) is 15.5. The first kappa shape index (κ1) is 30.7. The number of carbonyl (C=O) groups excluding carboxylic acids is 2. The molecule has 0 heterocycles. The lowest BCUT2D eigenvalue weighted by atomic mass is 10.0. The zero-order valence-electron chi connectivity index (χ0n) is 22.4. The summed E-state index contributed by atoms with van der Waals surface area (Å²) in [5.74, 6) is -0.819. The molecule has 0 aliphatic rings. The highest BCUT2D eigenvalue weighted by atomic mass is 79.9. The van der Waals surface area contributed by atoms with Gasteiger partial charge >= 0.3 is 0 Å². The smallest absolute Gasteiger partial charge is 0.244 e. The van der Waals surface area contributed by atoms with Crippen LogP contribution in [0.15, 0.2) is 77.3 Å². The summed E-state index contributed by atoms with van der Waals surface area (Å²) in [6.45, 7) is 5.07. The second-order valence-electron chi connectivity index (χ2n) is 9.72. The third-order valence-corrected chi connectivity index (χ3v) is 7.91. The number of aryl methyl sites for hydroxylation is 1. The van der Waals surface area contributed by atoms with Gasteiger partial charge in [-0.1, -0.05) is 70.0 Å². The van der Waals surface area contributed by atoms with E-state index in [1.54, 1.807) is 25.1 Å². The number of halogens is 2. The highest BCUT2D eigenvalue weighted by Crippen LogP contribution is 2.26. The molecule has 3 aromatic rings. The van der Waals surface area contributed by atoms with E-state index in [1.807, 2.05) is 68.4 Å². The van der Waals surface area contributed by atoms with Crippen molar-refractivity contribution in [2.45, 2.75) is 45.8 Å². The molecule has 7 nitrogen and oxygen atoms in total. The maximum Gasteiger partial charge on any atom is 0.244 e. The van der Waals surface area contributed by atoms with Crippen molar-refractivity contribution < 1.29 is 18.0 Å². The van der Waals surface area contributed by atoms with Gasteiger partial charge in [-0.2, -0.15) is 0 Å². The average Bonchev–Trinajstić information content (AvgIpc) is 2.84. The Morgan fingerprint density at radius 2 is 1.64 bits per heavy atom. The van der Waals surface area contributed by atoms with E-state index in [0.29, 0.717) is 16.3 Å². The summed E-state index contributed by atoms with van der Waals surface area (Å²) < 4.78 is 27.7. The van der Waals surface area contributed by atoms with Crippen molar-refractivity contribution in [1.29, 1.82) is 0 Å². The fraction of sp³-hybridized carbons (Fsp3) is 0.310. The molecule has 1 atom stereocenters. The fourth-order valence-corrected chi connectivity index (χ4v) is 5.84. The summed E-state index contributed by atoms with van der Waals surface area (Å²) in [7, 11) is -3.85. The Kier molecular flexibility index (Phi) is 10.6. The van der Waals surface area contributed by atoms with Crippen LogP contribution < -0.4 is 9.62 Å². The predicted octanol–water partition coefficient (Wildman–Crippen LogP) is 5.34. The van der Waals surface area contributed by atoms with Crippen LogP contribution in [-0.2, 0) is 32.6 Å². The van der Waals surface area contributed by atoms with Gasteiger partial charge in [0.15, 0.2) is 0 Å². The van der Waals surface area contributed by atoms with E-state index < -0.39 is 28.5 Å². The van der Waals surface area contributed by atoms with Crippen molar-refractivity contribution in [1.82, 2.24) is 10.2 Å². The lowest BCUT2D eigenvalue weighted by molar-refractivity contribution is -0.140. The Morgan fingerprint density at radius 3 is 2.23 bits per heavy atom. The number of carbonyl (C=O) groups is 2. The van der Waals surface area contributed by atoms with E-state index >= 15 is 0 Å². The number of hydrogen-bond donors (Lipinski definition) is 1. The molecule has 0 spiro atoms. The van der Waals surface area contributed by atoms with Gasteiger partial charge in [0, 0.05) is 28.5 Å². The van der Waals surface area contributed by atoms with Gasteiger partial charge in [0.2, 0.25) is 21.8 Å². The van der Waals surface area contributed by atoms with Gasteiger partial charge < -0.3 is 10.2 Å². The molecule has 3 rings (SSSR count). The first-order chi connectivity index (χ1) is 18.3. The molecule has 0 saturated carbocycles. The molecule has 0 aromatic heterocycles. The molecule has 39 heavy (non-hydrogen) atoms. The molecule has 2 amide bonds. The molecule has 0 saturated heterocycles. The SMILES string of the molecule is Cc1cc(Cl)ccc1N(CC(=O)N(Cc1cccc(Br)c1)C(Cc1ccccc1)C(=O)NC(C)C)S(C)(=O)=O. The molecule has 0 aliphatic heterocycles. The highest BCUT2D eigenvalue weighted by molar-refractivity contribution is 9.10. The van der Waals surface area contributed by atoms with Crippen LogP contribution in [-0.4, -0.2) is 50.0 Å². The number of benzene rings is 3. The van der Waals surface area contributed by atoms with Crippen molar-refractivity contribution in [3.8, 4) is 0 Å². The van der Waals surface area contributed by atoms with Crippen molar-refractivity contribution in [3.05, 3.63) is 99.0 Å². The van der Waals surface area contributed by atoms with Gasteiger partial charge in [-0.3, -0.25) is 13.9 Å². The topological polar surface area (TPSA) is 86.8 Å². The Hall–Kier alpha value is -2.88. The number of amides is 2. The quantitative estimate of drug-likeness (QED) is 0.309. The van der Waals surface area contributed by atoms with Crippen LogP contribution in [0.3, 0.4) is 0 Å². The van der Waals surface area contributed by atoms with E-state index in [4.69, 9.17) is 11.6 Å². The zero-order valence-corrected chi connectivity index (χ0v) is 25.6. The number of hydrogen-bond acceptors (Lipinski definition) is 4. The Labute approximate surface area is 244 Å². The van der Waals surface area contributed by atoms with Crippen LogP contribution in [0.2, 0.25) is 5.02 Å². The number of nitrogens with one attached hydrogen (secondary N) is 1. The molecule has 0 fully saturated rings. The fourth-order valence-electron chi connectivity index (χ4n) is 4.26. The summed E-state index contributed by atoms with van der Waals surface area (Å²) in [5, 5.41) is 3.40. The van der Waals surface area contributed by atoms with Crippen molar-refractivity contribution in [3.63, 3.8) is 0 Å². The van der Waals surface area contributed by atoms with Crippen molar-refractivity contribution in [2.24, 2.45) is 0 Å². The van der Waals surface area contributed by atoms with Crippen LogP contribution in [0, 0.1) is 6.92 Å². The Balaban J connectivity index is 2.07. The van der Waals surface area contributed by atoms with Crippen LogP contribution in [0.5, 0.6) is 0 Å². The summed E-state index contributed by atoms with van der Waals surface area (Å²) in [6.07, 6.45) is 1.32. The molecule has 1 N–H and O–H groups in total. The van der Waals surface area contributed by atoms with Crippen molar-refractivity contribution >= 4 is 55.1 Å². The highest BCUT2D eigenvalue weighted by Gasteiger charge is 2.33. The molecule has 0 aliphatic carbocycles. The third kappa shape index (κ3) is 8.81. The minimum Gasteiger partial charge on any atom is -0.352 e. The molecule has 1 unspecified atom stereocenters. The number of sulfonamides is 1. The molecule has 0 bridgehead atoms. The van der Waals surface area contributed by atoms with Gasteiger partial charge in [0.05, 0.1) is 11.9 Å². The van der Waals surface area contributed by atoms with E-state index in [1.165, 1.54) is 4.90 Å². The maximum absolute atomic E-state index is 14.1. The monoisotopic (exact) mass is 633 g/mol. The second-order valence-corrected chi connectivity index (χ2v) is 13.0. The van der Waals surface area contributed by atoms with Gasteiger partial charge in [-0.25, -0.2) is 8.42 Å². The predicted molar refractivity (Wildman–Crippen MR) is 160 cm³/mol. The summed E-state index contributed by atoms with van der Waals surface area (Å²) in [4.78, 5) is 29.1. The lowest BCUT2D eigenvalue weighted by Gasteiger charge is -2.34. The Morgan fingerprint density at radius 1 is 0.974 bits per heavy atom. The van der Waals surface area contributed by atoms with Crippen molar-refractivity contribution in [2.75, 3.05) is 17.1 Å². The number of nitrogens with zero attached hydrogens (tertiary/aromatic N) is 2. The molecular formula is C29H33BrClN3O4S. The average molecular weight is 635 g/mol. The summed E-state index contributed by atoms with van der Waals surface area (Å²) in [6, 6.07) is 20.7. The molecule has 208 valence electrons.